The largest absolute Gasteiger partial charge is 0.495 e. The molecule has 4 nitrogen and oxygen atoms in total. The SMILES string of the molecule is COc1ccc(-c2ncn(CC(C)C)c2N)cc1Cl. The first-order valence-corrected chi connectivity index (χ1v) is 6.55. The van der Waals surface area contributed by atoms with Crippen LogP contribution in [0.25, 0.3) is 11.3 Å². The molecule has 0 radical (unpaired) electrons. The minimum absolute atomic E-state index is 0.517. The van der Waals surface area contributed by atoms with Crippen LogP contribution in [0.4, 0.5) is 5.82 Å². The fourth-order valence-electron chi connectivity index (χ4n) is 1.97. The summed E-state index contributed by atoms with van der Waals surface area (Å²) in [6.07, 6.45) is 1.77. The van der Waals surface area contributed by atoms with Crippen LogP contribution >= 0.6 is 11.6 Å². The van der Waals surface area contributed by atoms with Crippen LogP contribution in [0.15, 0.2) is 24.5 Å². The third kappa shape index (κ3) is 2.84. The molecule has 2 aromatic rings. The van der Waals surface area contributed by atoms with E-state index in [1.807, 2.05) is 22.8 Å². The van der Waals surface area contributed by atoms with Gasteiger partial charge < -0.3 is 15.0 Å². The van der Waals surface area contributed by atoms with Crippen LogP contribution in [-0.2, 0) is 6.54 Å². The van der Waals surface area contributed by atoms with Crippen molar-refractivity contribution in [2.24, 2.45) is 5.92 Å². The molecular weight excluding hydrogens is 262 g/mol. The standard InChI is InChI=1S/C14H18ClN3O/c1-9(2)7-18-8-17-13(14(18)16)10-4-5-12(19-3)11(15)6-10/h4-6,8-9H,7,16H2,1-3H3. The Kier molecular flexibility index (Phi) is 4.00. The van der Waals surface area contributed by atoms with Gasteiger partial charge in [-0.15, -0.1) is 0 Å². The topological polar surface area (TPSA) is 53.1 Å². The van der Waals surface area contributed by atoms with E-state index in [9.17, 15) is 0 Å². The van der Waals surface area contributed by atoms with Gasteiger partial charge in [-0.2, -0.15) is 0 Å². The second-order valence-corrected chi connectivity index (χ2v) is 5.28. The minimum Gasteiger partial charge on any atom is -0.495 e. The summed E-state index contributed by atoms with van der Waals surface area (Å²) in [6.45, 7) is 5.13. The first-order valence-electron chi connectivity index (χ1n) is 6.17. The van der Waals surface area contributed by atoms with Crippen molar-refractivity contribution in [3.8, 4) is 17.0 Å². The number of nitrogens with two attached hydrogens (primary N) is 1. The van der Waals surface area contributed by atoms with Gasteiger partial charge in [-0.25, -0.2) is 4.98 Å². The molecule has 1 aromatic heterocycles. The number of halogens is 1. The Morgan fingerprint density at radius 3 is 2.74 bits per heavy atom. The summed E-state index contributed by atoms with van der Waals surface area (Å²) in [6, 6.07) is 5.54. The van der Waals surface area contributed by atoms with Gasteiger partial charge in [-0.05, 0) is 24.1 Å². The minimum atomic E-state index is 0.517. The van der Waals surface area contributed by atoms with Gasteiger partial charge in [0.05, 0.1) is 18.5 Å². The number of imidazole rings is 1. The first kappa shape index (κ1) is 13.7. The Morgan fingerprint density at radius 2 is 2.16 bits per heavy atom. The Labute approximate surface area is 118 Å². The molecule has 0 spiro atoms. The third-order valence-electron chi connectivity index (χ3n) is 2.87. The van der Waals surface area contributed by atoms with Crippen LogP contribution < -0.4 is 10.5 Å². The van der Waals surface area contributed by atoms with Gasteiger partial charge in [0.1, 0.15) is 17.3 Å². The average molecular weight is 280 g/mol. The summed E-state index contributed by atoms with van der Waals surface area (Å²) in [5, 5.41) is 0.554. The number of benzene rings is 1. The molecule has 1 heterocycles. The predicted octanol–water partition coefficient (Wildman–Crippen LogP) is 3.45. The fraction of sp³-hybridized carbons (Fsp3) is 0.357. The van der Waals surface area contributed by atoms with Gasteiger partial charge in [0.15, 0.2) is 0 Å². The van der Waals surface area contributed by atoms with Crippen molar-refractivity contribution >= 4 is 17.4 Å². The molecule has 19 heavy (non-hydrogen) atoms. The van der Waals surface area contributed by atoms with Crippen LogP contribution in [-0.4, -0.2) is 16.7 Å². The molecule has 0 aliphatic rings. The van der Waals surface area contributed by atoms with Crippen LogP contribution in [0.3, 0.4) is 0 Å². The van der Waals surface area contributed by atoms with Gasteiger partial charge >= 0.3 is 0 Å². The van der Waals surface area contributed by atoms with E-state index >= 15 is 0 Å². The molecule has 0 saturated carbocycles. The van der Waals surface area contributed by atoms with E-state index < -0.39 is 0 Å². The number of ether oxygens (including phenoxy) is 1. The molecule has 2 rings (SSSR count). The number of hydrogen-bond donors (Lipinski definition) is 1. The van der Waals surface area contributed by atoms with Crippen LogP contribution in [0.2, 0.25) is 5.02 Å². The lowest BCUT2D eigenvalue weighted by atomic mass is 10.1. The predicted molar refractivity (Wildman–Crippen MR) is 78.5 cm³/mol. The van der Waals surface area contributed by atoms with E-state index in [-0.39, 0.29) is 0 Å². The first-order chi connectivity index (χ1) is 9.02. The third-order valence-corrected chi connectivity index (χ3v) is 3.16. The molecule has 102 valence electrons. The summed E-state index contributed by atoms with van der Waals surface area (Å²) in [4.78, 5) is 4.37. The zero-order valence-corrected chi connectivity index (χ0v) is 12.1. The number of hydrogen-bond acceptors (Lipinski definition) is 3. The van der Waals surface area contributed by atoms with Gasteiger partial charge in [-0.3, -0.25) is 0 Å². The number of aromatic nitrogens is 2. The maximum absolute atomic E-state index is 6.13. The molecule has 0 aliphatic carbocycles. The summed E-state index contributed by atoms with van der Waals surface area (Å²) in [7, 11) is 1.59. The molecule has 0 amide bonds. The normalized spacial score (nSPS) is 11.0. The highest BCUT2D eigenvalue weighted by Gasteiger charge is 2.12. The quantitative estimate of drug-likeness (QED) is 0.933. The van der Waals surface area contributed by atoms with Crippen molar-refractivity contribution in [1.82, 2.24) is 9.55 Å². The maximum atomic E-state index is 6.13. The Bertz CT molecular complexity index is 578. The second-order valence-electron chi connectivity index (χ2n) is 4.87. The smallest absolute Gasteiger partial charge is 0.137 e. The second kappa shape index (κ2) is 5.53. The van der Waals surface area contributed by atoms with Gasteiger partial charge in [-0.1, -0.05) is 25.4 Å². The molecule has 0 bridgehead atoms. The van der Waals surface area contributed by atoms with E-state index in [0.29, 0.717) is 22.5 Å². The molecule has 0 atom stereocenters. The van der Waals surface area contributed by atoms with E-state index in [2.05, 4.69) is 18.8 Å². The number of rotatable bonds is 4. The zero-order valence-electron chi connectivity index (χ0n) is 11.4. The monoisotopic (exact) mass is 279 g/mol. The molecule has 0 saturated heterocycles. The van der Waals surface area contributed by atoms with E-state index in [1.165, 1.54) is 0 Å². The molecule has 5 heteroatoms. The van der Waals surface area contributed by atoms with Gasteiger partial charge in [0.2, 0.25) is 0 Å². The highest BCUT2D eigenvalue weighted by Crippen LogP contribution is 2.32. The summed E-state index contributed by atoms with van der Waals surface area (Å²) in [5.41, 5.74) is 7.78. The Balaban J connectivity index is 2.37. The van der Waals surface area contributed by atoms with E-state index in [4.69, 9.17) is 22.1 Å². The number of nitrogens with zero attached hydrogens (tertiary/aromatic N) is 2. The molecule has 2 N–H and O–H groups in total. The summed E-state index contributed by atoms with van der Waals surface area (Å²) >= 11 is 6.12. The van der Waals surface area contributed by atoms with Crippen molar-refractivity contribution in [2.75, 3.05) is 12.8 Å². The Hall–Kier alpha value is -1.68. The lowest BCUT2D eigenvalue weighted by molar-refractivity contribution is 0.415. The Morgan fingerprint density at radius 1 is 1.42 bits per heavy atom. The number of methoxy groups -OCH3 is 1. The van der Waals surface area contributed by atoms with Crippen molar-refractivity contribution in [3.05, 3.63) is 29.5 Å². The fourth-order valence-corrected chi connectivity index (χ4v) is 2.22. The van der Waals surface area contributed by atoms with Gasteiger partial charge in [0, 0.05) is 12.1 Å². The van der Waals surface area contributed by atoms with Crippen molar-refractivity contribution < 1.29 is 4.74 Å². The van der Waals surface area contributed by atoms with E-state index in [1.54, 1.807) is 13.4 Å². The van der Waals surface area contributed by atoms with Crippen LogP contribution in [0, 0.1) is 5.92 Å². The zero-order chi connectivity index (χ0) is 14.0. The van der Waals surface area contributed by atoms with Gasteiger partial charge in [0.25, 0.3) is 0 Å². The molecule has 0 unspecified atom stereocenters. The highest BCUT2D eigenvalue weighted by atomic mass is 35.5. The number of anilines is 1. The highest BCUT2D eigenvalue weighted by molar-refractivity contribution is 6.32. The molecule has 0 fully saturated rings. The van der Waals surface area contributed by atoms with Crippen molar-refractivity contribution in [1.29, 1.82) is 0 Å². The average Bonchev–Trinajstić information content (AvgIpc) is 2.70. The van der Waals surface area contributed by atoms with E-state index in [0.717, 1.165) is 17.8 Å². The summed E-state index contributed by atoms with van der Waals surface area (Å²) < 4.78 is 7.09. The van der Waals surface area contributed by atoms with Crippen molar-refractivity contribution in [3.63, 3.8) is 0 Å². The molecule has 1 aromatic carbocycles. The van der Waals surface area contributed by atoms with Crippen LogP contribution in [0.5, 0.6) is 5.75 Å². The lowest BCUT2D eigenvalue weighted by Gasteiger charge is -2.09. The number of nitrogen functional groups attached to an aromatic ring is 1. The van der Waals surface area contributed by atoms with Crippen molar-refractivity contribution in [2.45, 2.75) is 20.4 Å². The molecular formula is C14H18ClN3O. The molecule has 0 aliphatic heterocycles. The maximum Gasteiger partial charge on any atom is 0.137 e. The summed E-state index contributed by atoms with van der Waals surface area (Å²) in [5.74, 6) is 1.82. The lowest BCUT2D eigenvalue weighted by Crippen LogP contribution is -2.06. The van der Waals surface area contributed by atoms with Crippen LogP contribution in [0.1, 0.15) is 13.8 Å².